The molecule has 0 heterocycles. The number of hydrogen-bond donors (Lipinski definition) is 8. The first-order valence-corrected chi connectivity index (χ1v) is 17.8. The van der Waals surface area contributed by atoms with E-state index >= 15 is 0 Å². The maximum Gasteiger partial charge on any atom is 0.335 e. The molecule has 8 N–H and O–H groups in total. The molecule has 0 atom stereocenters. The van der Waals surface area contributed by atoms with Crippen molar-refractivity contribution < 1.29 is 98.4 Å². The molecule has 0 radical (unpaired) electrons. The summed E-state index contributed by atoms with van der Waals surface area (Å²) >= 11 is 0. The van der Waals surface area contributed by atoms with Gasteiger partial charge in [-0.1, -0.05) is 0 Å². The van der Waals surface area contributed by atoms with Crippen LogP contribution in [0.25, 0.3) is 0 Å². The van der Waals surface area contributed by atoms with Crippen LogP contribution in [-0.4, -0.2) is 114 Å². The van der Waals surface area contributed by atoms with Gasteiger partial charge in [0.25, 0.3) is 0 Å². The third-order valence-electron chi connectivity index (χ3n) is 9.29. The highest BCUT2D eigenvalue weighted by Crippen LogP contribution is 2.48. The van der Waals surface area contributed by atoms with Gasteiger partial charge in [0.1, 0.15) is 0 Å². The summed E-state index contributed by atoms with van der Waals surface area (Å²) < 4.78 is 0. The monoisotopic (exact) mass is 906 g/mol. The van der Waals surface area contributed by atoms with Gasteiger partial charge >= 0.3 is 47.8 Å². The van der Waals surface area contributed by atoms with Crippen molar-refractivity contribution >= 4 is 119 Å². The highest BCUT2D eigenvalue weighted by Gasteiger charge is 2.30. The van der Waals surface area contributed by atoms with Gasteiger partial charge in [0.2, 0.25) is 25.6 Å². The van der Waals surface area contributed by atoms with Gasteiger partial charge in [-0.2, -0.15) is 0 Å². The molecule has 66 heavy (non-hydrogen) atoms. The second-order valence-corrected chi connectivity index (χ2v) is 13.2. The van der Waals surface area contributed by atoms with Crippen LogP contribution in [0.5, 0.6) is 0 Å². The third kappa shape index (κ3) is 9.45. The van der Waals surface area contributed by atoms with Crippen molar-refractivity contribution in [2.24, 2.45) is 0 Å². The first-order chi connectivity index (χ1) is 31.1. The van der Waals surface area contributed by atoms with Gasteiger partial charge in [-0.3, -0.25) is 38.8 Å². The molecule has 0 unspecified atom stereocenters. The SMILES string of the molecule is O=CN(c1cc(C(=O)O)cc(C(=O)O)c1)c1cc(N(C=O)c2cc(C(=O)O)cc(C(=O)O)c2)c(N(C=O)c2cc(C(=O)O)cc(C(=O)O)c2)cc1N(C=O)c1cc(C(=O)O)cc(C(=O)O)c1. The number of carbonyl (C=O) groups is 12. The van der Waals surface area contributed by atoms with Gasteiger partial charge in [-0.15, -0.1) is 0 Å². The van der Waals surface area contributed by atoms with Crippen molar-refractivity contribution in [1.82, 2.24) is 0 Å². The zero-order chi connectivity index (χ0) is 48.9. The van der Waals surface area contributed by atoms with Crippen LogP contribution in [0.1, 0.15) is 82.9 Å². The fourth-order valence-corrected chi connectivity index (χ4v) is 6.34. The van der Waals surface area contributed by atoms with Crippen LogP contribution in [0.4, 0.5) is 45.5 Å². The summed E-state index contributed by atoms with van der Waals surface area (Å²) in [5.74, 6) is -13.8. The first kappa shape index (κ1) is 46.8. The van der Waals surface area contributed by atoms with E-state index < -0.39 is 138 Å². The zero-order valence-corrected chi connectivity index (χ0v) is 32.7. The van der Waals surface area contributed by atoms with E-state index in [1.807, 2.05) is 0 Å². The van der Waals surface area contributed by atoms with Crippen LogP contribution >= 0.6 is 0 Å². The molecule has 0 aliphatic rings. The number of nitrogens with zero attached hydrogens (tertiary/aromatic N) is 4. The molecule has 24 nitrogen and oxygen atoms in total. The summed E-state index contributed by atoms with van der Waals surface area (Å²) in [7, 11) is 0. The number of carboxylic acids is 8. The number of aromatic carboxylic acids is 8. The average Bonchev–Trinajstić information content (AvgIpc) is 3.27. The minimum atomic E-state index is -1.73. The Bertz CT molecular complexity index is 2460. The molecule has 5 rings (SSSR count). The van der Waals surface area contributed by atoms with E-state index in [0.717, 1.165) is 60.7 Å². The maximum absolute atomic E-state index is 13.3. The molecule has 0 aromatic heterocycles. The van der Waals surface area contributed by atoms with Gasteiger partial charge < -0.3 is 40.9 Å². The Morgan fingerprint density at radius 1 is 0.258 bits per heavy atom. The van der Waals surface area contributed by atoms with Gasteiger partial charge in [-0.25, -0.2) is 38.4 Å². The second kappa shape index (κ2) is 18.8. The standard InChI is InChI=1S/C42H26N4O20/c47-15-43(27-5-19(35(51)52)1-20(6-27)36(53)54)31-13-33(45(17-49)29-9-23(39(59)60)3-24(10-29)40(61)62)34(46(18-50)30-11-25(41(63)64)4-26(12-30)42(65)66)14-32(31)44(16-48)28-7-21(37(55)56)2-22(8-28)38(57)58/h1-18H,(H,51,52)(H,53,54)(H,55,56)(H,57,58)(H,59,60)(H,61,62)(H,63,64)(H,65,66). The van der Waals surface area contributed by atoms with Gasteiger partial charge in [0, 0.05) is 0 Å². The number of carbonyl (C=O) groups excluding carboxylic acids is 4. The highest BCUT2D eigenvalue weighted by molar-refractivity contribution is 6.10. The average molecular weight is 907 g/mol. The summed E-state index contributed by atoms with van der Waals surface area (Å²) in [5.41, 5.74) is -11.4. The predicted molar refractivity (Wildman–Crippen MR) is 221 cm³/mol. The van der Waals surface area contributed by atoms with Crippen molar-refractivity contribution in [2.45, 2.75) is 0 Å². The summed E-state index contributed by atoms with van der Waals surface area (Å²) in [5, 5.41) is 78.9. The second-order valence-electron chi connectivity index (χ2n) is 13.2. The molecule has 0 saturated heterocycles. The number of carboxylic acid groups (broad SMARTS) is 8. The van der Waals surface area contributed by atoms with E-state index in [1.165, 1.54) is 0 Å². The molecule has 5 aromatic rings. The zero-order valence-electron chi connectivity index (χ0n) is 32.7. The molecular formula is C42H26N4O20. The summed E-state index contributed by atoms with van der Waals surface area (Å²) in [6.45, 7) is 0. The minimum absolute atomic E-state index is 0.0833. The number of hydrogen-bond acceptors (Lipinski definition) is 12. The predicted octanol–water partition coefficient (Wildman–Crippen LogP) is 4.45. The number of rotatable bonds is 20. The van der Waals surface area contributed by atoms with Gasteiger partial charge in [0.15, 0.2) is 0 Å². The lowest BCUT2D eigenvalue weighted by Crippen LogP contribution is -2.26. The third-order valence-corrected chi connectivity index (χ3v) is 9.29. The molecule has 334 valence electrons. The van der Waals surface area contributed by atoms with E-state index in [-0.39, 0.29) is 25.6 Å². The Balaban J connectivity index is 2.08. The van der Waals surface area contributed by atoms with E-state index in [1.54, 1.807) is 0 Å². The smallest absolute Gasteiger partial charge is 0.335 e. The van der Waals surface area contributed by atoms with Crippen molar-refractivity contribution in [3.05, 3.63) is 129 Å². The van der Waals surface area contributed by atoms with Crippen molar-refractivity contribution in [3.63, 3.8) is 0 Å². The number of benzene rings is 5. The Labute approximate surface area is 365 Å². The van der Waals surface area contributed by atoms with E-state index in [4.69, 9.17) is 0 Å². The highest BCUT2D eigenvalue weighted by atomic mass is 16.4. The number of amides is 4. The minimum Gasteiger partial charge on any atom is -0.478 e. The topological polar surface area (TPSA) is 380 Å². The fourth-order valence-electron chi connectivity index (χ4n) is 6.34. The lowest BCUT2D eigenvalue weighted by Gasteiger charge is -2.32. The lowest BCUT2D eigenvalue weighted by atomic mass is 10.0. The maximum atomic E-state index is 13.3. The molecule has 0 saturated carbocycles. The summed E-state index contributed by atoms with van der Waals surface area (Å²) in [6, 6.07) is 10.3. The van der Waals surface area contributed by atoms with Crippen LogP contribution in [0, 0.1) is 0 Å². The van der Waals surface area contributed by atoms with E-state index in [9.17, 15) is 98.4 Å². The lowest BCUT2D eigenvalue weighted by molar-refractivity contribution is -0.107. The quantitative estimate of drug-likeness (QED) is 0.0500. The summed E-state index contributed by atoms with van der Waals surface area (Å²) in [4.78, 5) is 152. The largest absolute Gasteiger partial charge is 0.478 e. The van der Waals surface area contributed by atoms with Gasteiger partial charge in [0.05, 0.1) is 90.0 Å². The number of anilines is 8. The van der Waals surface area contributed by atoms with Crippen LogP contribution < -0.4 is 19.6 Å². The molecule has 24 heteroatoms. The molecule has 5 aromatic carbocycles. The molecule has 0 spiro atoms. The van der Waals surface area contributed by atoms with Crippen molar-refractivity contribution in [3.8, 4) is 0 Å². The van der Waals surface area contributed by atoms with Crippen LogP contribution in [-0.2, 0) is 19.2 Å². The van der Waals surface area contributed by atoms with E-state index in [2.05, 4.69) is 0 Å². The van der Waals surface area contributed by atoms with Crippen molar-refractivity contribution in [2.75, 3.05) is 19.6 Å². The van der Waals surface area contributed by atoms with Crippen LogP contribution in [0.15, 0.2) is 84.9 Å². The Morgan fingerprint density at radius 3 is 0.500 bits per heavy atom. The first-order valence-electron chi connectivity index (χ1n) is 17.8. The van der Waals surface area contributed by atoms with E-state index in [0.29, 0.717) is 43.9 Å². The summed E-state index contributed by atoms with van der Waals surface area (Å²) in [6.07, 6.45) is -0.333. The molecule has 4 amide bonds. The van der Waals surface area contributed by atoms with Crippen LogP contribution in [0.3, 0.4) is 0 Å². The van der Waals surface area contributed by atoms with Crippen molar-refractivity contribution in [1.29, 1.82) is 0 Å². The fraction of sp³-hybridized carbons (Fsp3) is 0. The molecule has 0 fully saturated rings. The molecule has 0 aliphatic carbocycles. The van der Waals surface area contributed by atoms with Crippen LogP contribution in [0.2, 0.25) is 0 Å². The normalized spacial score (nSPS) is 10.4. The van der Waals surface area contributed by atoms with Gasteiger partial charge in [-0.05, 0) is 84.9 Å². The molecule has 0 aliphatic heterocycles. The molecular weight excluding hydrogens is 880 g/mol. The Kier molecular flexibility index (Phi) is 13.3. The Morgan fingerprint density at radius 2 is 0.394 bits per heavy atom. The Hall–Kier alpha value is -10.3. The molecule has 0 bridgehead atoms.